The topological polar surface area (TPSA) is 61.9 Å². The van der Waals surface area contributed by atoms with E-state index in [0.717, 1.165) is 16.2 Å². The quantitative estimate of drug-likeness (QED) is 0.826. The molecule has 1 aliphatic heterocycles. The van der Waals surface area contributed by atoms with Crippen molar-refractivity contribution in [3.05, 3.63) is 52.2 Å². The molecule has 1 fully saturated rings. The van der Waals surface area contributed by atoms with Crippen molar-refractivity contribution < 1.29 is 14.3 Å². The Morgan fingerprint density at radius 1 is 1.15 bits per heavy atom. The average molecular weight is 388 g/mol. The van der Waals surface area contributed by atoms with Crippen LogP contribution in [0.3, 0.4) is 0 Å². The molecule has 1 aliphatic rings. The van der Waals surface area contributed by atoms with Crippen molar-refractivity contribution in [2.45, 2.75) is 19.5 Å². The minimum atomic E-state index is -0.237. The minimum Gasteiger partial charge on any atom is -0.496 e. The Morgan fingerprint density at radius 2 is 1.89 bits per heavy atom. The molecule has 1 atom stereocenters. The minimum absolute atomic E-state index is 0.0149. The third-order valence-corrected chi connectivity index (χ3v) is 5.76. The lowest BCUT2D eigenvalue weighted by molar-refractivity contribution is -0.126. The molecule has 3 rings (SSSR count). The van der Waals surface area contributed by atoms with E-state index in [-0.39, 0.29) is 17.9 Å². The fourth-order valence-corrected chi connectivity index (χ4v) is 3.90. The third-order valence-electron chi connectivity index (χ3n) is 4.91. The van der Waals surface area contributed by atoms with Gasteiger partial charge in [0.2, 0.25) is 5.91 Å². The molecular weight excluding hydrogens is 362 g/mol. The van der Waals surface area contributed by atoms with Gasteiger partial charge < -0.3 is 15.0 Å². The van der Waals surface area contributed by atoms with Crippen LogP contribution in [-0.2, 0) is 11.3 Å². The van der Waals surface area contributed by atoms with Gasteiger partial charge in [-0.05, 0) is 24.4 Å². The SMILES string of the molecule is COc1ccccc1CNC(=O)C(C)N1CCN(C(=O)c2cccs2)CC1. The van der Waals surface area contributed by atoms with Crippen LogP contribution in [0.4, 0.5) is 0 Å². The van der Waals surface area contributed by atoms with E-state index in [0.29, 0.717) is 32.7 Å². The molecule has 1 N–H and O–H groups in total. The summed E-state index contributed by atoms with van der Waals surface area (Å²) in [6.45, 7) is 5.01. The van der Waals surface area contributed by atoms with E-state index < -0.39 is 0 Å². The molecule has 27 heavy (non-hydrogen) atoms. The summed E-state index contributed by atoms with van der Waals surface area (Å²) in [7, 11) is 1.63. The van der Waals surface area contributed by atoms with Gasteiger partial charge in [0.05, 0.1) is 18.0 Å². The Balaban J connectivity index is 1.49. The maximum absolute atomic E-state index is 12.5. The van der Waals surface area contributed by atoms with E-state index in [1.54, 1.807) is 7.11 Å². The number of carbonyl (C=O) groups is 2. The highest BCUT2D eigenvalue weighted by atomic mass is 32.1. The zero-order valence-electron chi connectivity index (χ0n) is 15.7. The molecule has 0 spiro atoms. The van der Waals surface area contributed by atoms with Gasteiger partial charge in [0, 0.05) is 38.3 Å². The van der Waals surface area contributed by atoms with Gasteiger partial charge in [-0.25, -0.2) is 0 Å². The Labute approximate surface area is 163 Å². The summed E-state index contributed by atoms with van der Waals surface area (Å²) < 4.78 is 5.32. The molecule has 2 heterocycles. The second kappa shape index (κ2) is 9.01. The lowest BCUT2D eigenvalue weighted by Crippen LogP contribution is -2.54. The number of hydrogen-bond acceptors (Lipinski definition) is 5. The van der Waals surface area contributed by atoms with Crippen molar-refractivity contribution in [2.24, 2.45) is 0 Å². The van der Waals surface area contributed by atoms with Gasteiger partial charge in [0.1, 0.15) is 5.75 Å². The summed E-state index contributed by atoms with van der Waals surface area (Å²) >= 11 is 1.46. The second-order valence-corrected chi connectivity index (χ2v) is 7.46. The number of carbonyl (C=O) groups excluding carboxylic acids is 2. The first-order chi connectivity index (χ1) is 13.1. The molecule has 0 aliphatic carbocycles. The molecule has 144 valence electrons. The highest BCUT2D eigenvalue weighted by Gasteiger charge is 2.28. The van der Waals surface area contributed by atoms with Gasteiger partial charge in [0.25, 0.3) is 5.91 Å². The number of rotatable bonds is 6. The fourth-order valence-electron chi connectivity index (χ4n) is 3.21. The van der Waals surface area contributed by atoms with Crippen LogP contribution in [0.1, 0.15) is 22.2 Å². The van der Waals surface area contributed by atoms with Gasteiger partial charge in [-0.2, -0.15) is 0 Å². The first-order valence-corrected chi connectivity index (χ1v) is 9.94. The summed E-state index contributed by atoms with van der Waals surface area (Å²) in [6, 6.07) is 11.2. The fraction of sp³-hybridized carbons (Fsp3) is 0.400. The molecule has 7 heteroatoms. The summed E-state index contributed by atoms with van der Waals surface area (Å²) in [5.41, 5.74) is 0.951. The predicted octanol–water partition coefficient (Wildman–Crippen LogP) is 2.22. The number of amides is 2. The Hall–Kier alpha value is -2.38. The number of hydrogen-bond donors (Lipinski definition) is 1. The van der Waals surface area contributed by atoms with Crippen molar-refractivity contribution in [1.29, 1.82) is 0 Å². The first-order valence-electron chi connectivity index (χ1n) is 9.06. The monoisotopic (exact) mass is 387 g/mol. The lowest BCUT2D eigenvalue weighted by atomic mass is 10.1. The second-order valence-electron chi connectivity index (χ2n) is 6.51. The van der Waals surface area contributed by atoms with E-state index in [1.165, 1.54) is 11.3 Å². The van der Waals surface area contributed by atoms with Gasteiger partial charge in [-0.1, -0.05) is 24.3 Å². The number of methoxy groups -OCH3 is 1. The lowest BCUT2D eigenvalue weighted by Gasteiger charge is -2.37. The summed E-state index contributed by atoms with van der Waals surface area (Å²) in [4.78, 5) is 29.7. The third kappa shape index (κ3) is 4.67. The van der Waals surface area contributed by atoms with Crippen LogP contribution in [0.25, 0.3) is 0 Å². The van der Waals surface area contributed by atoms with E-state index in [4.69, 9.17) is 4.74 Å². The highest BCUT2D eigenvalue weighted by Crippen LogP contribution is 2.17. The summed E-state index contributed by atoms with van der Waals surface area (Å²) in [5, 5.41) is 4.90. The Morgan fingerprint density at radius 3 is 2.56 bits per heavy atom. The van der Waals surface area contributed by atoms with Crippen LogP contribution in [-0.4, -0.2) is 60.9 Å². The molecule has 2 amide bonds. The standard InChI is InChI=1S/C20H25N3O3S/c1-15(19(24)21-14-16-6-3-4-7-17(16)26-2)22-9-11-23(12-10-22)20(25)18-8-5-13-27-18/h3-8,13,15H,9-12,14H2,1-2H3,(H,21,24). The number of thiophene rings is 1. The van der Waals surface area contributed by atoms with Crippen molar-refractivity contribution in [1.82, 2.24) is 15.1 Å². The molecule has 1 aromatic heterocycles. The molecule has 2 aromatic rings. The van der Waals surface area contributed by atoms with Crippen LogP contribution in [0.15, 0.2) is 41.8 Å². The number of nitrogens with one attached hydrogen (secondary N) is 1. The molecule has 0 bridgehead atoms. The summed E-state index contributed by atoms with van der Waals surface area (Å²) in [6.07, 6.45) is 0. The first kappa shape index (κ1) is 19.4. The Kier molecular flexibility index (Phi) is 6.47. The van der Waals surface area contributed by atoms with Crippen LogP contribution in [0.5, 0.6) is 5.75 Å². The van der Waals surface area contributed by atoms with Crippen molar-refractivity contribution >= 4 is 23.2 Å². The zero-order chi connectivity index (χ0) is 19.2. The maximum Gasteiger partial charge on any atom is 0.264 e. The molecular formula is C20H25N3O3S. The zero-order valence-corrected chi connectivity index (χ0v) is 16.5. The van der Waals surface area contributed by atoms with Crippen molar-refractivity contribution in [3.63, 3.8) is 0 Å². The smallest absolute Gasteiger partial charge is 0.264 e. The van der Waals surface area contributed by atoms with Gasteiger partial charge in [-0.15, -0.1) is 11.3 Å². The van der Waals surface area contributed by atoms with Crippen molar-refractivity contribution in [3.8, 4) is 5.75 Å². The number of benzene rings is 1. The maximum atomic E-state index is 12.5. The summed E-state index contributed by atoms with van der Waals surface area (Å²) in [5.74, 6) is 0.836. The number of para-hydroxylation sites is 1. The van der Waals surface area contributed by atoms with E-state index in [1.807, 2.05) is 53.6 Å². The van der Waals surface area contributed by atoms with Crippen molar-refractivity contribution in [2.75, 3.05) is 33.3 Å². The molecule has 1 unspecified atom stereocenters. The molecule has 6 nitrogen and oxygen atoms in total. The van der Waals surface area contributed by atoms with E-state index >= 15 is 0 Å². The molecule has 0 radical (unpaired) electrons. The van der Waals surface area contributed by atoms with Crippen LogP contribution in [0, 0.1) is 0 Å². The van der Waals surface area contributed by atoms with Crippen LogP contribution >= 0.6 is 11.3 Å². The molecule has 1 saturated heterocycles. The molecule has 1 aromatic carbocycles. The van der Waals surface area contributed by atoms with Gasteiger partial charge in [-0.3, -0.25) is 14.5 Å². The van der Waals surface area contributed by atoms with Gasteiger partial charge in [0.15, 0.2) is 0 Å². The van der Waals surface area contributed by atoms with Gasteiger partial charge >= 0.3 is 0 Å². The largest absolute Gasteiger partial charge is 0.496 e. The van der Waals surface area contributed by atoms with E-state index in [9.17, 15) is 9.59 Å². The normalized spacial score (nSPS) is 16.0. The molecule has 0 saturated carbocycles. The van der Waals surface area contributed by atoms with Crippen LogP contribution < -0.4 is 10.1 Å². The number of ether oxygens (including phenoxy) is 1. The van der Waals surface area contributed by atoms with E-state index in [2.05, 4.69) is 10.2 Å². The number of piperazine rings is 1. The van der Waals surface area contributed by atoms with Crippen LogP contribution in [0.2, 0.25) is 0 Å². The Bertz CT molecular complexity index is 771. The predicted molar refractivity (Wildman–Crippen MR) is 106 cm³/mol. The highest BCUT2D eigenvalue weighted by molar-refractivity contribution is 7.12. The number of nitrogens with zero attached hydrogens (tertiary/aromatic N) is 2. The average Bonchev–Trinajstić information content (AvgIpc) is 3.26.